The summed E-state index contributed by atoms with van der Waals surface area (Å²) in [5.41, 5.74) is 3.98. The third-order valence-electron chi connectivity index (χ3n) is 3.41. The number of hydrogen-bond donors (Lipinski definition) is 1. The van der Waals surface area contributed by atoms with Crippen molar-refractivity contribution >= 4 is 0 Å². The molecule has 0 bridgehead atoms. The van der Waals surface area contributed by atoms with E-state index in [0.29, 0.717) is 0 Å². The van der Waals surface area contributed by atoms with Gasteiger partial charge in [-0.1, -0.05) is 20.8 Å². The van der Waals surface area contributed by atoms with E-state index in [9.17, 15) is 0 Å². The topological polar surface area (TPSA) is 29.9 Å². The van der Waals surface area contributed by atoms with Crippen molar-refractivity contribution < 1.29 is 0 Å². The standard InChI is InChI=1S/C15H29N3/c1-6-15-13(4)17-18(14(15)5)10-8-7-9-16-11-12(2)3/h12,16H,6-11H2,1-5H3. The maximum atomic E-state index is 4.62. The molecule has 0 aliphatic carbocycles. The van der Waals surface area contributed by atoms with Gasteiger partial charge in [-0.15, -0.1) is 0 Å². The van der Waals surface area contributed by atoms with E-state index in [1.54, 1.807) is 0 Å². The van der Waals surface area contributed by atoms with Gasteiger partial charge in [0.15, 0.2) is 0 Å². The summed E-state index contributed by atoms with van der Waals surface area (Å²) in [4.78, 5) is 0. The molecule has 0 spiro atoms. The lowest BCUT2D eigenvalue weighted by Crippen LogP contribution is -2.21. The molecule has 0 saturated carbocycles. The normalized spacial score (nSPS) is 11.4. The largest absolute Gasteiger partial charge is 0.316 e. The summed E-state index contributed by atoms with van der Waals surface area (Å²) in [5.74, 6) is 0.744. The lowest BCUT2D eigenvalue weighted by molar-refractivity contribution is 0.500. The van der Waals surface area contributed by atoms with Crippen LogP contribution in [0.5, 0.6) is 0 Å². The molecule has 3 nitrogen and oxygen atoms in total. The first-order valence-corrected chi connectivity index (χ1v) is 7.29. The van der Waals surface area contributed by atoms with Gasteiger partial charge < -0.3 is 5.32 Å². The molecule has 104 valence electrons. The molecule has 0 aromatic carbocycles. The van der Waals surface area contributed by atoms with Crippen LogP contribution in [0.1, 0.15) is 50.6 Å². The fourth-order valence-corrected chi connectivity index (χ4v) is 2.37. The summed E-state index contributed by atoms with van der Waals surface area (Å²) in [5, 5.41) is 8.11. The van der Waals surface area contributed by atoms with Gasteiger partial charge in [0, 0.05) is 12.2 Å². The SMILES string of the molecule is CCc1c(C)nn(CCCCNCC(C)C)c1C. The smallest absolute Gasteiger partial charge is 0.0628 e. The lowest BCUT2D eigenvalue weighted by Gasteiger charge is -2.08. The van der Waals surface area contributed by atoms with Gasteiger partial charge in [-0.2, -0.15) is 5.10 Å². The van der Waals surface area contributed by atoms with Gasteiger partial charge in [0.05, 0.1) is 5.69 Å². The molecule has 0 unspecified atom stereocenters. The summed E-state index contributed by atoms with van der Waals surface area (Å²) in [6, 6.07) is 0. The molecule has 0 aliphatic heterocycles. The number of nitrogens with one attached hydrogen (secondary N) is 1. The third-order valence-corrected chi connectivity index (χ3v) is 3.41. The van der Waals surface area contributed by atoms with E-state index >= 15 is 0 Å². The number of hydrogen-bond acceptors (Lipinski definition) is 2. The molecule has 1 rings (SSSR count). The summed E-state index contributed by atoms with van der Waals surface area (Å²) >= 11 is 0. The highest BCUT2D eigenvalue weighted by Gasteiger charge is 2.08. The van der Waals surface area contributed by atoms with Crippen LogP contribution >= 0.6 is 0 Å². The van der Waals surface area contributed by atoms with Crippen LogP contribution in [0.4, 0.5) is 0 Å². The van der Waals surface area contributed by atoms with E-state index in [1.165, 1.54) is 29.8 Å². The second-order valence-electron chi connectivity index (χ2n) is 5.53. The number of nitrogens with zero attached hydrogens (tertiary/aromatic N) is 2. The minimum Gasteiger partial charge on any atom is -0.316 e. The Morgan fingerprint density at radius 2 is 1.94 bits per heavy atom. The molecule has 0 amide bonds. The molecule has 0 saturated heterocycles. The first-order valence-electron chi connectivity index (χ1n) is 7.29. The zero-order chi connectivity index (χ0) is 13.5. The molecule has 3 heteroatoms. The zero-order valence-electron chi connectivity index (χ0n) is 12.7. The van der Waals surface area contributed by atoms with Gasteiger partial charge in [0.25, 0.3) is 0 Å². The van der Waals surface area contributed by atoms with E-state index in [0.717, 1.165) is 32.0 Å². The average Bonchev–Trinajstić information content (AvgIpc) is 2.58. The summed E-state index contributed by atoms with van der Waals surface area (Å²) < 4.78 is 2.18. The Bertz CT molecular complexity index is 353. The lowest BCUT2D eigenvalue weighted by atomic mass is 10.1. The van der Waals surface area contributed by atoms with Crippen molar-refractivity contribution in [1.82, 2.24) is 15.1 Å². The minimum absolute atomic E-state index is 0.744. The molecule has 0 atom stereocenters. The predicted octanol–water partition coefficient (Wildman–Crippen LogP) is 3.09. The quantitative estimate of drug-likeness (QED) is 0.720. The highest BCUT2D eigenvalue weighted by atomic mass is 15.3. The Balaban J connectivity index is 2.27. The molecular weight excluding hydrogens is 222 g/mol. The van der Waals surface area contributed by atoms with Crippen molar-refractivity contribution in [2.45, 2.75) is 60.4 Å². The Morgan fingerprint density at radius 1 is 1.22 bits per heavy atom. The number of unbranched alkanes of at least 4 members (excludes halogenated alkanes) is 1. The Labute approximate surface area is 112 Å². The first kappa shape index (κ1) is 15.2. The van der Waals surface area contributed by atoms with Crippen LogP contribution < -0.4 is 5.32 Å². The number of aromatic nitrogens is 2. The Kier molecular flexibility index (Phi) is 6.41. The van der Waals surface area contributed by atoms with Gasteiger partial charge >= 0.3 is 0 Å². The molecule has 1 N–H and O–H groups in total. The molecule has 1 aromatic rings. The summed E-state index contributed by atoms with van der Waals surface area (Å²) in [6.07, 6.45) is 3.52. The zero-order valence-corrected chi connectivity index (χ0v) is 12.7. The van der Waals surface area contributed by atoms with Crippen LogP contribution in [0.15, 0.2) is 0 Å². The van der Waals surface area contributed by atoms with Crippen LogP contribution in [-0.2, 0) is 13.0 Å². The highest BCUT2D eigenvalue weighted by molar-refractivity contribution is 5.24. The van der Waals surface area contributed by atoms with Gasteiger partial charge in [0.2, 0.25) is 0 Å². The van der Waals surface area contributed by atoms with Crippen molar-refractivity contribution in [3.8, 4) is 0 Å². The summed E-state index contributed by atoms with van der Waals surface area (Å²) in [7, 11) is 0. The predicted molar refractivity (Wildman–Crippen MR) is 78.0 cm³/mol. The molecule has 1 aromatic heterocycles. The second kappa shape index (κ2) is 7.57. The average molecular weight is 251 g/mol. The molecule has 0 fully saturated rings. The van der Waals surface area contributed by atoms with Gasteiger partial charge in [0.1, 0.15) is 0 Å². The molecule has 1 heterocycles. The monoisotopic (exact) mass is 251 g/mol. The molecular formula is C15H29N3. The highest BCUT2D eigenvalue weighted by Crippen LogP contribution is 2.13. The number of aryl methyl sites for hydroxylation is 2. The molecule has 18 heavy (non-hydrogen) atoms. The van der Waals surface area contributed by atoms with E-state index in [2.05, 4.69) is 49.7 Å². The van der Waals surface area contributed by atoms with Gasteiger partial charge in [-0.05, 0) is 57.7 Å². The van der Waals surface area contributed by atoms with E-state index in [4.69, 9.17) is 0 Å². The van der Waals surface area contributed by atoms with Crippen LogP contribution in [0.2, 0.25) is 0 Å². The van der Waals surface area contributed by atoms with Crippen molar-refractivity contribution in [2.24, 2.45) is 5.92 Å². The van der Waals surface area contributed by atoms with E-state index < -0.39 is 0 Å². The third kappa shape index (κ3) is 4.45. The first-order chi connectivity index (χ1) is 8.56. The van der Waals surface area contributed by atoms with Gasteiger partial charge in [-0.25, -0.2) is 0 Å². The van der Waals surface area contributed by atoms with Crippen LogP contribution in [0.3, 0.4) is 0 Å². The van der Waals surface area contributed by atoms with Crippen LogP contribution in [0.25, 0.3) is 0 Å². The second-order valence-corrected chi connectivity index (χ2v) is 5.53. The fourth-order valence-electron chi connectivity index (χ4n) is 2.37. The minimum atomic E-state index is 0.744. The van der Waals surface area contributed by atoms with Crippen LogP contribution in [0, 0.1) is 19.8 Å². The molecule has 0 radical (unpaired) electrons. The van der Waals surface area contributed by atoms with Crippen molar-refractivity contribution in [1.29, 1.82) is 0 Å². The maximum Gasteiger partial charge on any atom is 0.0628 e. The Morgan fingerprint density at radius 3 is 2.50 bits per heavy atom. The van der Waals surface area contributed by atoms with Crippen molar-refractivity contribution in [2.75, 3.05) is 13.1 Å². The van der Waals surface area contributed by atoms with Gasteiger partial charge in [-0.3, -0.25) is 4.68 Å². The molecule has 0 aliphatic rings. The van der Waals surface area contributed by atoms with E-state index in [-0.39, 0.29) is 0 Å². The van der Waals surface area contributed by atoms with Crippen LogP contribution in [-0.4, -0.2) is 22.9 Å². The Hall–Kier alpha value is -0.830. The van der Waals surface area contributed by atoms with Crippen molar-refractivity contribution in [3.63, 3.8) is 0 Å². The van der Waals surface area contributed by atoms with Crippen molar-refractivity contribution in [3.05, 3.63) is 17.0 Å². The van der Waals surface area contributed by atoms with E-state index in [1.807, 2.05) is 0 Å². The fraction of sp³-hybridized carbons (Fsp3) is 0.800. The maximum absolute atomic E-state index is 4.62. The number of rotatable bonds is 8. The summed E-state index contributed by atoms with van der Waals surface area (Å²) in [6.45, 7) is 14.3.